The van der Waals surface area contributed by atoms with E-state index in [9.17, 15) is 0 Å². The number of hydrogen-bond acceptors (Lipinski definition) is 0. The van der Waals surface area contributed by atoms with Gasteiger partial charge in [-0.3, -0.25) is 0 Å². The third kappa shape index (κ3) is 28.4. The van der Waals surface area contributed by atoms with Crippen molar-refractivity contribution in [2.45, 2.75) is 0 Å². The summed E-state index contributed by atoms with van der Waals surface area (Å²) in [6.45, 7) is 0. The summed E-state index contributed by atoms with van der Waals surface area (Å²) in [6.07, 6.45) is 0. The van der Waals surface area contributed by atoms with Crippen molar-refractivity contribution >= 4 is 26.3 Å². The molecule has 0 aromatic carbocycles. The maximum absolute atomic E-state index is 3.19. The minimum atomic E-state index is 0. The molecule has 5 heteroatoms. The fraction of sp³-hybridized carbons (Fsp3) is 0. The second kappa shape index (κ2) is 17.5. The molecule has 0 amide bonds. The van der Waals surface area contributed by atoms with E-state index in [0.717, 1.165) is 0 Å². The van der Waals surface area contributed by atoms with Crippen LogP contribution in [0, 0.1) is 0 Å². The van der Waals surface area contributed by atoms with Gasteiger partial charge < -0.3 is 11.0 Å². The average Bonchev–Trinajstić information content (AvgIpc) is 0.918. The van der Waals surface area contributed by atoms with Gasteiger partial charge in [0.2, 0.25) is 0 Å². The summed E-state index contributed by atoms with van der Waals surface area (Å²) in [6, 6.07) is 0. The van der Waals surface area contributed by atoms with E-state index in [2.05, 4.69) is 26.3 Å². The zero-order valence-electron chi connectivity index (χ0n) is 2.26. The van der Waals surface area contributed by atoms with Crippen LogP contribution >= 0.6 is 26.3 Å². The van der Waals surface area contributed by atoms with Crippen molar-refractivity contribution in [3.63, 3.8) is 0 Å². The first kappa shape index (κ1) is 16.0. The van der Waals surface area contributed by atoms with Gasteiger partial charge in [0.15, 0.2) is 0 Å². The van der Waals surface area contributed by atoms with Gasteiger partial charge in [-0.15, -0.1) is 0 Å². The van der Waals surface area contributed by atoms with Gasteiger partial charge in [0.1, 0.15) is 0 Å². The van der Waals surface area contributed by atoms with E-state index in [-0.39, 0.29) is 25.9 Å². The Bertz CT molecular complexity index is 7.61. The van der Waals surface area contributed by atoms with E-state index in [1.165, 1.54) is 0 Å². The Kier molecular flexibility index (Phi) is 56.1. The van der Waals surface area contributed by atoms with Crippen LogP contribution in [0.25, 0.3) is 0 Å². The first-order valence-electron chi connectivity index (χ1n) is 0.378. The topological polar surface area (TPSA) is 63.0 Å². The molecule has 0 bridgehead atoms. The Hall–Kier alpha value is 1.59. The number of rotatable bonds is 0. The van der Waals surface area contributed by atoms with Gasteiger partial charge in [-0.1, -0.05) is 0 Å². The summed E-state index contributed by atoms with van der Waals surface area (Å²) >= 11 is 6.50. The van der Waals surface area contributed by atoms with Crippen LogP contribution in [0.4, 0.5) is 0 Å². The van der Waals surface area contributed by atoms with Gasteiger partial charge in [-0.25, -0.2) is 0 Å². The normalized spacial score (nSPS) is 2.80. The summed E-state index contributed by atoms with van der Waals surface area (Å²) in [4.78, 5) is 0. The monoisotopic (exact) mass is 242 g/mol. The van der Waals surface area contributed by atoms with Crippen molar-refractivity contribution in [2.24, 2.45) is 0 Å². The summed E-state index contributed by atoms with van der Waals surface area (Å²) in [5.74, 6) is 0. The van der Waals surface area contributed by atoms with Crippen LogP contribution in [0.15, 0.2) is 0 Å². The standard InChI is InChI=1S/2BrH.2H2O.Ti/h2*1H;2*1H2;/q;;;;+2/p-2. The van der Waals surface area contributed by atoms with Gasteiger partial charge in [0.25, 0.3) is 0 Å². The first-order valence-corrected chi connectivity index (χ1v) is 8.10. The molecule has 0 aromatic heterocycles. The van der Waals surface area contributed by atoms with Gasteiger partial charge in [-0.2, -0.15) is 0 Å². The van der Waals surface area contributed by atoms with Crippen LogP contribution in [0.1, 0.15) is 0 Å². The maximum atomic E-state index is 3.19. The van der Waals surface area contributed by atoms with Crippen LogP contribution in [-0.4, -0.2) is 11.0 Å². The molecule has 0 radical (unpaired) electrons. The number of hydrogen-bond donors (Lipinski definition) is 0. The van der Waals surface area contributed by atoms with Crippen molar-refractivity contribution in [1.29, 1.82) is 0 Å². The molecule has 0 aliphatic carbocycles. The van der Waals surface area contributed by atoms with Crippen LogP contribution in [0.3, 0.4) is 0 Å². The predicted octanol–water partition coefficient (Wildman–Crippen LogP) is 0.0393. The second-order valence-corrected chi connectivity index (χ2v) is 7.95. The fourth-order valence-electron chi connectivity index (χ4n) is 0. The molecular formula is H4Br2O2Ti. The molecular weight excluding hydrogens is 240 g/mol. The van der Waals surface area contributed by atoms with Crippen LogP contribution in [0.2, 0.25) is 0 Å². The van der Waals surface area contributed by atoms with Crippen molar-refractivity contribution in [3.05, 3.63) is 0 Å². The van der Waals surface area contributed by atoms with Crippen molar-refractivity contribution in [3.8, 4) is 0 Å². The van der Waals surface area contributed by atoms with E-state index in [0.29, 0.717) is 0 Å². The molecule has 4 N–H and O–H groups in total. The first-order chi connectivity index (χ1) is 1.41. The summed E-state index contributed by atoms with van der Waals surface area (Å²) < 4.78 is 0. The third-order valence-corrected chi connectivity index (χ3v) is 0. The Morgan fingerprint density at radius 2 is 1.00 bits per heavy atom. The van der Waals surface area contributed by atoms with E-state index in [1.54, 1.807) is 0 Å². The van der Waals surface area contributed by atoms with Crippen molar-refractivity contribution in [2.75, 3.05) is 0 Å². The fourth-order valence-corrected chi connectivity index (χ4v) is 0. The molecule has 5 heavy (non-hydrogen) atoms. The molecule has 0 atom stereocenters. The summed E-state index contributed by atoms with van der Waals surface area (Å²) in [7, 11) is 0. The Balaban J connectivity index is -0.0000000200. The average molecular weight is 244 g/mol. The molecule has 0 heterocycles. The summed E-state index contributed by atoms with van der Waals surface area (Å²) in [5.41, 5.74) is 0. The molecule has 0 aromatic rings. The van der Waals surface area contributed by atoms with Gasteiger partial charge in [-0.05, 0) is 0 Å². The summed E-state index contributed by atoms with van der Waals surface area (Å²) in [5, 5.41) is 0. The van der Waals surface area contributed by atoms with Gasteiger partial charge >= 0.3 is 41.3 Å². The van der Waals surface area contributed by atoms with E-state index >= 15 is 0 Å². The molecule has 34 valence electrons. The molecule has 0 aliphatic rings. The van der Waals surface area contributed by atoms with Crippen LogP contribution in [0.5, 0.6) is 0 Å². The van der Waals surface area contributed by atoms with Crippen molar-refractivity contribution < 1.29 is 25.9 Å². The van der Waals surface area contributed by atoms with Crippen LogP contribution in [-0.2, 0) is 15.0 Å². The molecule has 0 saturated heterocycles. The molecule has 0 rings (SSSR count). The molecule has 0 fully saturated rings. The minimum absolute atomic E-state index is 0. The molecule has 2 nitrogen and oxygen atoms in total. The Morgan fingerprint density at radius 3 is 1.00 bits per heavy atom. The Labute approximate surface area is 52.0 Å². The van der Waals surface area contributed by atoms with Crippen molar-refractivity contribution in [1.82, 2.24) is 0 Å². The van der Waals surface area contributed by atoms with Gasteiger partial charge in [0, 0.05) is 0 Å². The molecule has 0 unspecified atom stereocenters. The predicted molar refractivity (Wildman–Crippen MR) is 25.1 cm³/mol. The zero-order chi connectivity index (χ0) is 2.71. The van der Waals surface area contributed by atoms with E-state index in [4.69, 9.17) is 0 Å². The second-order valence-electron chi connectivity index (χ2n) is 0.0714. The number of halogens is 2. The molecule has 0 aliphatic heterocycles. The third-order valence-electron chi connectivity index (χ3n) is 0. The quantitative estimate of drug-likeness (QED) is 0.540. The van der Waals surface area contributed by atoms with E-state index in [1.807, 2.05) is 0 Å². The molecule has 0 saturated carbocycles. The Morgan fingerprint density at radius 1 is 1.00 bits per heavy atom. The molecule has 0 spiro atoms. The SMILES string of the molecule is O.O.[Br][Ti][Br]. The van der Waals surface area contributed by atoms with Crippen LogP contribution < -0.4 is 0 Å². The van der Waals surface area contributed by atoms with Gasteiger partial charge in [0.05, 0.1) is 0 Å². The van der Waals surface area contributed by atoms with E-state index < -0.39 is 0 Å². The zero-order valence-corrected chi connectivity index (χ0v) is 6.99.